The molecule has 0 amide bonds. The van der Waals surface area contributed by atoms with Crippen LogP contribution in [0.4, 0.5) is 0 Å². The standard InChI is InChI=1S/C22H24Cl2N2OS/c23-16-3-5-21-19(14-16)18(20-15-17(24)4-6-22(20)28-21)2-1-7-25-8-10-26(11-9-25)12-13-27/h2-6,14-15,27H,1,7-13H2. The van der Waals surface area contributed by atoms with Gasteiger partial charge in [-0.1, -0.05) is 41.0 Å². The Morgan fingerprint density at radius 3 is 1.93 bits per heavy atom. The summed E-state index contributed by atoms with van der Waals surface area (Å²) in [7, 11) is 0. The molecule has 0 aromatic heterocycles. The minimum atomic E-state index is 0.244. The van der Waals surface area contributed by atoms with E-state index in [1.165, 1.54) is 26.5 Å². The van der Waals surface area contributed by atoms with Crippen LogP contribution < -0.4 is 0 Å². The lowest BCUT2D eigenvalue weighted by atomic mass is 9.96. The molecule has 0 atom stereocenters. The van der Waals surface area contributed by atoms with E-state index in [2.05, 4.69) is 40.1 Å². The van der Waals surface area contributed by atoms with E-state index in [1.807, 2.05) is 12.1 Å². The maximum Gasteiger partial charge on any atom is 0.0558 e. The molecule has 3 nitrogen and oxygen atoms in total. The van der Waals surface area contributed by atoms with Crippen molar-refractivity contribution in [3.05, 3.63) is 63.6 Å². The van der Waals surface area contributed by atoms with Gasteiger partial charge in [0.2, 0.25) is 0 Å². The van der Waals surface area contributed by atoms with Gasteiger partial charge in [-0.25, -0.2) is 0 Å². The smallest absolute Gasteiger partial charge is 0.0558 e. The van der Waals surface area contributed by atoms with Gasteiger partial charge in [-0.05, 0) is 59.5 Å². The maximum atomic E-state index is 9.09. The molecule has 0 radical (unpaired) electrons. The van der Waals surface area contributed by atoms with E-state index in [-0.39, 0.29) is 6.61 Å². The molecule has 0 unspecified atom stereocenters. The van der Waals surface area contributed by atoms with Gasteiger partial charge in [0.25, 0.3) is 0 Å². The van der Waals surface area contributed by atoms with Gasteiger partial charge in [-0.3, -0.25) is 4.90 Å². The summed E-state index contributed by atoms with van der Waals surface area (Å²) in [6, 6.07) is 12.2. The zero-order chi connectivity index (χ0) is 19.5. The van der Waals surface area contributed by atoms with E-state index in [1.54, 1.807) is 11.8 Å². The van der Waals surface area contributed by atoms with Crippen molar-refractivity contribution in [1.82, 2.24) is 9.80 Å². The summed E-state index contributed by atoms with van der Waals surface area (Å²) in [6.07, 6.45) is 3.32. The molecule has 6 heteroatoms. The van der Waals surface area contributed by atoms with Crippen molar-refractivity contribution in [1.29, 1.82) is 0 Å². The van der Waals surface area contributed by atoms with Crippen molar-refractivity contribution in [3.8, 4) is 0 Å². The Bertz CT molecular complexity index is 825. The van der Waals surface area contributed by atoms with Crippen LogP contribution >= 0.6 is 35.0 Å². The molecule has 2 heterocycles. The predicted octanol–water partition coefficient (Wildman–Crippen LogP) is 4.89. The monoisotopic (exact) mass is 434 g/mol. The Hall–Kier alpha value is -1.01. The third-order valence-electron chi connectivity index (χ3n) is 5.36. The summed E-state index contributed by atoms with van der Waals surface area (Å²) in [5.41, 5.74) is 3.62. The van der Waals surface area contributed by atoms with E-state index in [9.17, 15) is 0 Å². The van der Waals surface area contributed by atoms with Crippen LogP contribution in [0.5, 0.6) is 0 Å². The van der Waals surface area contributed by atoms with Crippen molar-refractivity contribution in [2.75, 3.05) is 45.9 Å². The lowest BCUT2D eigenvalue weighted by Crippen LogP contribution is -2.47. The first-order valence-electron chi connectivity index (χ1n) is 9.67. The van der Waals surface area contributed by atoms with E-state index < -0.39 is 0 Å². The van der Waals surface area contributed by atoms with Crippen LogP contribution in [0.25, 0.3) is 5.57 Å². The van der Waals surface area contributed by atoms with Crippen LogP contribution in [0.15, 0.2) is 52.3 Å². The second kappa shape index (κ2) is 9.21. The largest absolute Gasteiger partial charge is 0.395 e. The SMILES string of the molecule is OCCN1CCN(CCC=C2c3cc(Cl)ccc3Sc3ccc(Cl)cc32)CC1. The zero-order valence-corrected chi connectivity index (χ0v) is 18.0. The first-order chi connectivity index (χ1) is 13.6. The number of rotatable bonds is 5. The molecule has 1 saturated heterocycles. The van der Waals surface area contributed by atoms with Crippen molar-refractivity contribution < 1.29 is 5.11 Å². The molecule has 2 aromatic carbocycles. The molecule has 2 aliphatic heterocycles. The number of nitrogens with zero attached hydrogens (tertiary/aromatic N) is 2. The third kappa shape index (κ3) is 4.59. The molecule has 4 rings (SSSR count). The van der Waals surface area contributed by atoms with E-state index in [4.69, 9.17) is 28.3 Å². The minimum Gasteiger partial charge on any atom is -0.395 e. The molecular formula is C22H24Cl2N2OS. The number of piperazine rings is 1. The number of aliphatic hydroxyl groups excluding tert-OH is 1. The molecular weight excluding hydrogens is 411 g/mol. The molecule has 28 heavy (non-hydrogen) atoms. The van der Waals surface area contributed by atoms with Gasteiger partial charge in [0.05, 0.1) is 6.61 Å². The van der Waals surface area contributed by atoms with E-state index in [0.717, 1.165) is 55.7 Å². The van der Waals surface area contributed by atoms with E-state index in [0.29, 0.717) is 0 Å². The summed E-state index contributed by atoms with van der Waals surface area (Å²) < 4.78 is 0. The van der Waals surface area contributed by atoms with Gasteiger partial charge in [0.15, 0.2) is 0 Å². The Kier molecular flexibility index (Phi) is 6.66. The molecule has 2 aliphatic rings. The summed E-state index contributed by atoms with van der Waals surface area (Å²) in [5, 5.41) is 10.6. The van der Waals surface area contributed by atoms with Gasteiger partial charge in [0.1, 0.15) is 0 Å². The zero-order valence-electron chi connectivity index (χ0n) is 15.7. The fourth-order valence-corrected chi connectivity index (χ4v) is 5.27. The van der Waals surface area contributed by atoms with Crippen LogP contribution in [-0.4, -0.2) is 60.8 Å². The third-order valence-corrected chi connectivity index (χ3v) is 6.98. The first-order valence-corrected chi connectivity index (χ1v) is 11.2. The Morgan fingerprint density at radius 1 is 0.857 bits per heavy atom. The Labute approximate surface area is 180 Å². The fraction of sp³-hybridized carbons (Fsp3) is 0.364. The second-order valence-electron chi connectivity index (χ2n) is 7.20. The van der Waals surface area contributed by atoms with Crippen molar-refractivity contribution >= 4 is 40.5 Å². The average molecular weight is 435 g/mol. The molecule has 0 saturated carbocycles. The Balaban J connectivity index is 1.52. The number of halogens is 2. The van der Waals surface area contributed by atoms with Gasteiger partial charge < -0.3 is 10.0 Å². The summed E-state index contributed by atoms with van der Waals surface area (Å²) in [4.78, 5) is 7.30. The summed E-state index contributed by atoms with van der Waals surface area (Å²) in [5.74, 6) is 0. The van der Waals surface area contributed by atoms with Gasteiger partial charge in [-0.15, -0.1) is 0 Å². The molecule has 1 N–H and O–H groups in total. The second-order valence-corrected chi connectivity index (χ2v) is 9.15. The fourth-order valence-electron chi connectivity index (χ4n) is 3.86. The number of fused-ring (bicyclic) bond motifs is 2. The van der Waals surface area contributed by atoms with Gasteiger partial charge in [0, 0.05) is 59.1 Å². The number of β-amino-alcohol motifs (C(OH)–C–C–N with tert-alkyl or cyclic N) is 1. The summed E-state index contributed by atoms with van der Waals surface area (Å²) in [6.45, 7) is 6.25. The van der Waals surface area contributed by atoms with Crippen LogP contribution in [0.2, 0.25) is 10.0 Å². The molecule has 148 valence electrons. The molecule has 0 aliphatic carbocycles. The summed E-state index contributed by atoms with van der Waals surface area (Å²) >= 11 is 14.4. The topological polar surface area (TPSA) is 26.7 Å². The molecule has 2 aromatic rings. The highest BCUT2D eigenvalue weighted by Crippen LogP contribution is 2.46. The molecule has 0 spiro atoms. The average Bonchev–Trinajstić information content (AvgIpc) is 2.69. The van der Waals surface area contributed by atoms with Crippen molar-refractivity contribution in [2.45, 2.75) is 16.2 Å². The van der Waals surface area contributed by atoms with Crippen LogP contribution in [0, 0.1) is 0 Å². The van der Waals surface area contributed by atoms with E-state index >= 15 is 0 Å². The normalized spacial score (nSPS) is 17.3. The number of hydrogen-bond donors (Lipinski definition) is 1. The van der Waals surface area contributed by atoms with Gasteiger partial charge in [-0.2, -0.15) is 0 Å². The molecule has 0 bridgehead atoms. The van der Waals surface area contributed by atoms with Crippen LogP contribution in [0.3, 0.4) is 0 Å². The maximum absolute atomic E-state index is 9.09. The lowest BCUT2D eigenvalue weighted by molar-refractivity contribution is 0.114. The number of benzene rings is 2. The quantitative estimate of drug-likeness (QED) is 0.618. The number of aliphatic hydroxyl groups is 1. The van der Waals surface area contributed by atoms with Crippen LogP contribution in [-0.2, 0) is 0 Å². The highest BCUT2D eigenvalue weighted by molar-refractivity contribution is 7.99. The lowest BCUT2D eigenvalue weighted by Gasteiger charge is -2.34. The Morgan fingerprint density at radius 2 is 1.39 bits per heavy atom. The number of hydrogen-bond acceptors (Lipinski definition) is 4. The predicted molar refractivity (Wildman–Crippen MR) is 119 cm³/mol. The first kappa shape index (κ1) is 20.3. The van der Waals surface area contributed by atoms with Crippen LogP contribution in [0.1, 0.15) is 17.5 Å². The van der Waals surface area contributed by atoms with Gasteiger partial charge >= 0.3 is 0 Å². The highest BCUT2D eigenvalue weighted by atomic mass is 35.5. The van der Waals surface area contributed by atoms with Crippen molar-refractivity contribution in [3.63, 3.8) is 0 Å². The highest BCUT2D eigenvalue weighted by Gasteiger charge is 2.22. The van der Waals surface area contributed by atoms with Crippen molar-refractivity contribution in [2.24, 2.45) is 0 Å². The minimum absolute atomic E-state index is 0.244. The molecule has 1 fully saturated rings.